The van der Waals surface area contributed by atoms with Gasteiger partial charge in [0, 0.05) is 18.6 Å². The number of carbonyl (C=O) groups excluding carboxylic acids is 1. The van der Waals surface area contributed by atoms with E-state index in [1.165, 1.54) is 21.0 Å². The second-order valence-electron chi connectivity index (χ2n) is 7.04. The van der Waals surface area contributed by atoms with Crippen molar-refractivity contribution in [2.24, 2.45) is 11.8 Å². The zero-order valence-corrected chi connectivity index (χ0v) is 18.2. The first-order valence-corrected chi connectivity index (χ1v) is 12.0. The average Bonchev–Trinajstić information content (AvgIpc) is 2.33. The normalized spacial score (nSPS) is 24.2. The van der Waals surface area contributed by atoms with Crippen molar-refractivity contribution in [2.75, 3.05) is 26.4 Å². The van der Waals surface area contributed by atoms with Crippen molar-refractivity contribution in [3.63, 3.8) is 0 Å². The molecular formula is C13H28ClNO7P2S. The zero-order chi connectivity index (χ0) is 19.0. The first-order chi connectivity index (χ1) is 10.7. The highest BCUT2D eigenvalue weighted by atomic mass is 35.5. The third-order valence-electron chi connectivity index (χ3n) is 5.04. The molecule has 0 bridgehead atoms. The van der Waals surface area contributed by atoms with Crippen molar-refractivity contribution >= 4 is 32.1 Å². The summed E-state index contributed by atoms with van der Waals surface area (Å²) in [6.07, 6.45) is 1.42. The minimum Gasteiger partial charge on any atom is -1.00 e. The highest BCUT2D eigenvalue weighted by Gasteiger charge is 2.76. The molecule has 1 fully saturated rings. The molecule has 1 aliphatic rings. The predicted octanol–water partition coefficient (Wildman–Crippen LogP) is -1.21. The van der Waals surface area contributed by atoms with Crippen LogP contribution in [0.15, 0.2) is 0 Å². The van der Waals surface area contributed by atoms with E-state index in [-0.39, 0.29) is 30.0 Å². The third kappa shape index (κ3) is 4.89. The van der Waals surface area contributed by atoms with Crippen molar-refractivity contribution in [3.05, 3.63) is 0 Å². The molecule has 0 spiro atoms. The van der Waals surface area contributed by atoms with Gasteiger partial charge in [-0.1, -0.05) is 18.7 Å². The van der Waals surface area contributed by atoms with Gasteiger partial charge in [0.2, 0.25) is 0 Å². The Morgan fingerprint density at radius 3 is 2.12 bits per heavy atom. The summed E-state index contributed by atoms with van der Waals surface area (Å²) in [5, 5.41) is -2.50. The van der Waals surface area contributed by atoms with E-state index in [2.05, 4.69) is 0 Å². The Labute approximate surface area is 159 Å². The van der Waals surface area contributed by atoms with E-state index in [0.717, 1.165) is 11.8 Å². The van der Waals surface area contributed by atoms with Crippen LogP contribution in [0.3, 0.4) is 0 Å². The molecule has 8 nitrogen and oxygen atoms in total. The lowest BCUT2D eigenvalue weighted by Gasteiger charge is -2.55. The van der Waals surface area contributed by atoms with Crippen molar-refractivity contribution in [1.29, 1.82) is 0 Å². The molecule has 0 saturated carbocycles. The molecule has 0 aromatic heterocycles. The third-order valence-corrected chi connectivity index (χ3v) is 10.9. The molecule has 25 heavy (non-hydrogen) atoms. The van der Waals surface area contributed by atoms with E-state index in [1.807, 2.05) is 0 Å². The van der Waals surface area contributed by atoms with Crippen LogP contribution in [-0.4, -0.2) is 60.6 Å². The Bertz CT molecular complexity index is 555. The number of rotatable bonds is 6. The number of hydrogen-bond donors (Lipinski definition) is 4. The van der Waals surface area contributed by atoms with Crippen LogP contribution in [0.2, 0.25) is 0 Å². The molecular weight excluding hydrogens is 412 g/mol. The van der Waals surface area contributed by atoms with Crippen LogP contribution in [0.25, 0.3) is 0 Å². The fourth-order valence-corrected chi connectivity index (χ4v) is 9.45. The molecule has 4 N–H and O–H groups in total. The molecule has 0 aromatic carbocycles. The SMILES string of the molecule is CC(=O)SCCC(C)C1CCC[N+](C)(C)C1(P(=O)(O)O)P(=O)(O)O.[Cl-]. The maximum Gasteiger partial charge on any atom is 0.398 e. The summed E-state index contributed by atoms with van der Waals surface area (Å²) in [6, 6.07) is 0. The lowest BCUT2D eigenvalue weighted by atomic mass is 9.83. The lowest BCUT2D eigenvalue weighted by molar-refractivity contribution is -0.924. The number of thioether (sulfide) groups is 1. The summed E-state index contributed by atoms with van der Waals surface area (Å²) >= 11 is 1.11. The van der Waals surface area contributed by atoms with Gasteiger partial charge in [-0.25, -0.2) is 0 Å². The van der Waals surface area contributed by atoms with Gasteiger partial charge >= 0.3 is 20.2 Å². The topological polar surface area (TPSA) is 132 Å². The number of quaternary nitrogens is 1. The fourth-order valence-electron chi connectivity index (χ4n) is 4.08. The van der Waals surface area contributed by atoms with Crippen LogP contribution in [0.1, 0.15) is 33.1 Å². The van der Waals surface area contributed by atoms with E-state index in [4.69, 9.17) is 0 Å². The number of nitrogens with zero attached hydrogens (tertiary/aromatic N) is 1. The van der Waals surface area contributed by atoms with Crippen LogP contribution in [0.5, 0.6) is 0 Å². The van der Waals surface area contributed by atoms with Crippen LogP contribution in [0, 0.1) is 11.8 Å². The summed E-state index contributed by atoms with van der Waals surface area (Å²) < 4.78 is 24.4. The molecule has 1 heterocycles. The summed E-state index contributed by atoms with van der Waals surface area (Å²) in [6.45, 7) is 3.46. The molecule has 1 rings (SSSR count). The molecule has 2 atom stereocenters. The largest absolute Gasteiger partial charge is 1.00 e. The maximum absolute atomic E-state index is 12.4. The first kappa shape index (κ1) is 25.6. The van der Waals surface area contributed by atoms with E-state index in [1.54, 1.807) is 6.92 Å². The second-order valence-corrected chi connectivity index (χ2v) is 12.2. The van der Waals surface area contributed by atoms with Crippen LogP contribution in [-0.2, 0) is 13.9 Å². The van der Waals surface area contributed by atoms with E-state index >= 15 is 0 Å². The van der Waals surface area contributed by atoms with Crippen molar-refractivity contribution < 1.29 is 50.4 Å². The van der Waals surface area contributed by atoms with Gasteiger partial charge in [0.05, 0.1) is 20.6 Å². The van der Waals surface area contributed by atoms with Gasteiger partial charge in [-0.15, -0.1) is 0 Å². The smallest absolute Gasteiger partial charge is 0.398 e. The Kier molecular flexibility index (Phi) is 8.92. The number of hydrogen-bond acceptors (Lipinski definition) is 4. The zero-order valence-electron chi connectivity index (χ0n) is 14.8. The fraction of sp³-hybridized carbons (Fsp3) is 0.923. The van der Waals surface area contributed by atoms with Gasteiger partial charge in [-0.05, 0) is 25.2 Å². The summed E-state index contributed by atoms with van der Waals surface area (Å²) in [7, 11) is -7.33. The monoisotopic (exact) mass is 439 g/mol. The van der Waals surface area contributed by atoms with Crippen molar-refractivity contribution in [1.82, 2.24) is 0 Å². The lowest BCUT2D eigenvalue weighted by Crippen LogP contribution is -3.00. The molecule has 12 heteroatoms. The van der Waals surface area contributed by atoms with Crippen molar-refractivity contribution in [2.45, 2.75) is 38.1 Å². The molecule has 0 aromatic rings. The van der Waals surface area contributed by atoms with Crippen LogP contribution in [0.4, 0.5) is 0 Å². The Morgan fingerprint density at radius 1 is 1.24 bits per heavy atom. The van der Waals surface area contributed by atoms with Crippen LogP contribution >= 0.6 is 27.0 Å². The molecule has 0 radical (unpaired) electrons. The van der Waals surface area contributed by atoms with Gasteiger partial charge < -0.3 is 36.5 Å². The van der Waals surface area contributed by atoms with Gasteiger partial charge in [-0.2, -0.15) is 0 Å². The van der Waals surface area contributed by atoms with Gasteiger partial charge in [0.1, 0.15) is 0 Å². The highest BCUT2D eigenvalue weighted by molar-refractivity contribution is 8.13. The number of carbonyl (C=O) groups is 1. The Hall–Kier alpha value is 0.570. The summed E-state index contributed by atoms with van der Waals surface area (Å²) in [5.41, 5.74) is 0. The summed E-state index contributed by atoms with van der Waals surface area (Å²) in [5.74, 6) is -0.719. The molecule has 2 unspecified atom stereocenters. The standard InChI is InChI=1S/C13H27NO7P2S.ClH/c1-10(7-9-24-11(2)15)12-6-5-8-14(3,4)13(12,22(16,17)18)23(19,20)21;/h10,12H,5-9H2,1-4H3,(H3-,16,17,18,19,20,21);1H. The summed E-state index contributed by atoms with van der Waals surface area (Å²) in [4.78, 5) is 51.2. The highest BCUT2D eigenvalue weighted by Crippen LogP contribution is 2.77. The molecule has 0 aliphatic carbocycles. The second kappa shape index (κ2) is 8.72. The van der Waals surface area contributed by atoms with E-state index < -0.39 is 30.6 Å². The van der Waals surface area contributed by atoms with Gasteiger partial charge in [-0.3, -0.25) is 13.9 Å². The van der Waals surface area contributed by atoms with E-state index in [9.17, 15) is 33.5 Å². The molecule has 0 amide bonds. The minimum atomic E-state index is -5.14. The van der Waals surface area contributed by atoms with Crippen LogP contribution < -0.4 is 12.4 Å². The number of piperidine rings is 1. The number of likely N-dealkylation sites (tertiary alicyclic amines) is 1. The Balaban J connectivity index is 0.00000576. The molecule has 1 saturated heterocycles. The maximum atomic E-state index is 12.4. The first-order valence-electron chi connectivity index (χ1n) is 7.76. The van der Waals surface area contributed by atoms with Crippen molar-refractivity contribution in [3.8, 4) is 0 Å². The quantitative estimate of drug-likeness (QED) is 0.299. The van der Waals surface area contributed by atoms with Gasteiger partial charge in [0.25, 0.3) is 0 Å². The molecule has 1 aliphatic heterocycles. The predicted molar refractivity (Wildman–Crippen MR) is 93.4 cm³/mol. The molecule has 150 valence electrons. The minimum absolute atomic E-state index is 0. The number of halogens is 1. The van der Waals surface area contributed by atoms with Gasteiger partial charge in [0.15, 0.2) is 5.12 Å². The Morgan fingerprint density at radius 2 is 1.72 bits per heavy atom. The average molecular weight is 440 g/mol. The van der Waals surface area contributed by atoms with E-state index in [0.29, 0.717) is 25.0 Å².